The molecule has 0 unspecified atom stereocenters. The van der Waals surface area contributed by atoms with Gasteiger partial charge in [-0.15, -0.1) is 0 Å². The lowest BCUT2D eigenvalue weighted by Crippen LogP contribution is -2.30. The molecule has 0 saturated heterocycles. The molecule has 1 aromatic heterocycles. The number of aromatic nitrogens is 2. The summed E-state index contributed by atoms with van der Waals surface area (Å²) >= 11 is 0. The highest BCUT2D eigenvalue weighted by atomic mass is 15.1. The number of aryl methyl sites for hydroxylation is 2. The van der Waals surface area contributed by atoms with Gasteiger partial charge in [-0.2, -0.15) is 0 Å². The molecule has 0 fully saturated rings. The van der Waals surface area contributed by atoms with Crippen LogP contribution in [-0.4, -0.2) is 15.4 Å². The van der Waals surface area contributed by atoms with Gasteiger partial charge in [0.1, 0.15) is 0 Å². The first-order chi connectivity index (χ1) is 9.00. The second-order valence-electron chi connectivity index (χ2n) is 6.29. The monoisotopic (exact) mass is 262 g/mol. The van der Waals surface area contributed by atoms with Gasteiger partial charge in [0.2, 0.25) is 0 Å². The topological polar surface area (TPSA) is 67.7 Å². The zero-order chi connectivity index (χ0) is 13.9. The third kappa shape index (κ3) is 3.37. The summed E-state index contributed by atoms with van der Waals surface area (Å²) in [5.74, 6) is 0.299. The van der Waals surface area contributed by atoms with E-state index in [0.717, 1.165) is 32.2 Å². The number of nitrogens with one attached hydrogen (secondary N) is 1. The lowest BCUT2D eigenvalue weighted by Gasteiger charge is -2.22. The summed E-state index contributed by atoms with van der Waals surface area (Å²) in [7, 11) is 0. The van der Waals surface area contributed by atoms with Crippen LogP contribution in [0.1, 0.15) is 57.3 Å². The molecule has 2 rings (SSSR count). The van der Waals surface area contributed by atoms with Gasteiger partial charge in [0.25, 0.3) is 0 Å². The molecular weight excluding hydrogens is 236 g/mol. The molecule has 0 amide bonds. The molecule has 1 heterocycles. The Morgan fingerprint density at radius 1 is 1.37 bits per heavy atom. The number of imidazole rings is 1. The number of hydrogen-bond donors (Lipinski definition) is 2. The van der Waals surface area contributed by atoms with Gasteiger partial charge < -0.3 is 10.3 Å². The fourth-order valence-corrected chi connectivity index (χ4v) is 2.71. The Bertz CT molecular complexity index is 445. The largest absolute Gasteiger partial charge is 0.387 e. The van der Waals surface area contributed by atoms with E-state index in [1.165, 1.54) is 30.7 Å². The van der Waals surface area contributed by atoms with Gasteiger partial charge >= 0.3 is 0 Å². The average molecular weight is 262 g/mol. The maximum atomic E-state index is 7.56. The molecule has 19 heavy (non-hydrogen) atoms. The van der Waals surface area contributed by atoms with Crippen LogP contribution >= 0.6 is 0 Å². The van der Waals surface area contributed by atoms with Gasteiger partial charge in [0, 0.05) is 17.7 Å². The molecule has 0 saturated carbocycles. The van der Waals surface area contributed by atoms with E-state index in [1.807, 2.05) is 6.33 Å². The van der Waals surface area contributed by atoms with Crippen molar-refractivity contribution in [2.75, 3.05) is 0 Å². The van der Waals surface area contributed by atoms with Crippen molar-refractivity contribution < 1.29 is 0 Å². The van der Waals surface area contributed by atoms with Gasteiger partial charge in [-0.3, -0.25) is 5.41 Å². The van der Waals surface area contributed by atoms with E-state index in [1.54, 1.807) is 0 Å². The van der Waals surface area contributed by atoms with Crippen molar-refractivity contribution in [3.05, 3.63) is 17.7 Å². The molecule has 0 bridgehead atoms. The average Bonchev–Trinajstić information content (AvgIpc) is 2.78. The molecule has 0 radical (unpaired) electrons. The van der Waals surface area contributed by atoms with Gasteiger partial charge in [0.05, 0.1) is 17.9 Å². The standard InChI is InChI=1S/C15H26N4/c1-15(2,14(16)17)9-5-6-10-19-11-18-12-7-3-4-8-13(12)19/h11H,3-10H2,1-2H3,(H3,16,17). The van der Waals surface area contributed by atoms with Crippen LogP contribution in [0, 0.1) is 10.8 Å². The number of unbranched alkanes of at least 4 members (excludes halogenated alkanes) is 1. The van der Waals surface area contributed by atoms with E-state index in [0.29, 0.717) is 5.84 Å². The van der Waals surface area contributed by atoms with Crippen LogP contribution < -0.4 is 5.73 Å². The van der Waals surface area contributed by atoms with E-state index >= 15 is 0 Å². The lowest BCUT2D eigenvalue weighted by atomic mass is 9.86. The summed E-state index contributed by atoms with van der Waals surface area (Å²) in [6.45, 7) is 5.15. The quantitative estimate of drug-likeness (QED) is 0.470. The molecule has 1 aliphatic rings. The normalized spacial score (nSPS) is 15.3. The molecule has 0 aromatic carbocycles. The lowest BCUT2D eigenvalue weighted by molar-refractivity contribution is 0.428. The molecule has 4 nitrogen and oxygen atoms in total. The van der Waals surface area contributed by atoms with Crippen molar-refractivity contribution >= 4 is 5.84 Å². The smallest absolute Gasteiger partial charge is 0.0963 e. The Morgan fingerprint density at radius 3 is 2.84 bits per heavy atom. The van der Waals surface area contributed by atoms with Crippen molar-refractivity contribution in [2.24, 2.45) is 11.1 Å². The van der Waals surface area contributed by atoms with Crippen molar-refractivity contribution in [1.29, 1.82) is 5.41 Å². The van der Waals surface area contributed by atoms with E-state index in [9.17, 15) is 0 Å². The van der Waals surface area contributed by atoms with Crippen molar-refractivity contribution in [3.63, 3.8) is 0 Å². The number of nitrogens with two attached hydrogens (primary N) is 1. The van der Waals surface area contributed by atoms with E-state index < -0.39 is 0 Å². The summed E-state index contributed by atoms with van der Waals surface area (Å²) in [6, 6.07) is 0. The molecule has 3 N–H and O–H groups in total. The number of amidine groups is 1. The summed E-state index contributed by atoms with van der Waals surface area (Å²) in [6.07, 6.45) is 10.2. The minimum atomic E-state index is -0.158. The van der Waals surface area contributed by atoms with Crippen LogP contribution in [0.3, 0.4) is 0 Å². The second kappa shape index (κ2) is 5.76. The van der Waals surface area contributed by atoms with E-state index in [4.69, 9.17) is 11.1 Å². The predicted octanol–water partition coefficient (Wildman–Crippen LogP) is 2.89. The Labute approximate surface area is 115 Å². The first-order valence-corrected chi connectivity index (χ1v) is 7.38. The summed E-state index contributed by atoms with van der Waals surface area (Å²) in [5.41, 5.74) is 8.22. The number of nitrogens with zero attached hydrogens (tertiary/aromatic N) is 2. The molecule has 1 aliphatic carbocycles. The maximum Gasteiger partial charge on any atom is 0.0963 e. The number of hydrogen-bond acceptors (Lipinski definition) is 2. The fraction of sp³-hybridized carbons (Fsp3) is 0.733. The van der Waals surface area contributed by atoms with Crippen LogP contribution in [0.4, 0.5) is 0 Å². The summed E-state index contributed by atoms with van der Waals surface area (Å²) < 4.78 is 2.33. The van der Waals surface area contributed by atoms with E-state index in [-0.39, 0.29) is 5.41 Å². The zero-order valence-electron chi connectivity index (χ0n) is 12.2. The van der Waals surface area contributed by atoms with Gasteiger partial charge in [0.15, 0.2) is 0 Å². The Morgan fingerprint density at radius 2 is 2.11 bits per heavy atom. The summed E-state index contributed by atoms with van der Waals surface area (Å²) in [5, 5.41) is 7.56. The number of rotatable bonds is 6. The third-order valence-corrected chi connectivity index (χ3v) is 4.29. The molecular formula is C15H26N4. The van der Waals surface area contributed by atoms with Crippen LogP contribution in [0.25, 0.3) is 0 Å². The maximum absolute atomic E-state index is 7.56. The summed E-state index contributed by atoms with van der Waals surface area (Å²) in [4.78, 5) is 4.52. The van der Waals surface area contributed by atoms with Crippen LogP contribution in [0.5, 0.6) is 0 Å². The van der Waals surface area contributed by atoms with Crippen molar-refractivity contribution in [2.45, 2.75) is 65.3 Å². The van der Waals surface area contributed by atoms with Gasteiger partial charge in [-0.05, 0) is 38.5 Å². The highest BCUT2D eigenvalue weighted by Gasteiger charge is 2.21. The third-order valence-electron chi connectivity index (χ3n) is 4.29. The first-order valence-electron chi connectivity index (χ1n) is 7.38. The van der Waals surface area contributed by atoms with Crippen LogP contribution in [0.15, 0.2) is 6.33 Å². The molecule has 1 aromatic rings. The van der Waals surface area contributed by atoms with Crippen molar-refractivity contribution in [1.82, 2.24) is 9.55 Å². The fourth-order valence-electron chi connectivity index (χ4n) is 2.71. The molecule has 0 spiro atoms. The van der Waals surface area contributed by atoms with E-state index in [2.05, 4.69) is 23.4 Å². The van der Waals surface area contributed by atoms with Gasteiger partial charge in [-0.1, -0.05) is 20.3 Å². The minimum absolute atomic E-state index is 0.158. The molecule has 0 atom stereocenters. The molecule has 4 heteroatoms. The van der Waals surface area contributed by atoms with Crippen molar-refractivity contribution in [3.8, 4) is 0 Å². The predicted molar refractivity (Wildman–Crippen MR) is 78.4 cm³/mol. The van der Waals surface area contributed by atoms with Gasteiger partial charge in [-0.25, -0.2) is 4.98 Å². The molecule has 106 valence electrons. The Kier molecular flexibility index (Phi) is 4.27. The number of fused-ring (bicyclic) bond motifs is 1. The van der Waals surface area contributed by atoms with Crippen LogP contribution in [-0.2, 0) is 19.4 Å². The van der Waals surface area contributed by atoms with Crippen LogP contribution in [0.2, 0.25) is 0 Å². The zero-order valence-corrected chi connectivity index (χ0v) is 12.2. The first kappa shape index (κ1) is 14.1. The highest BCUT2D eigenvalue weighted by Crippen LogP contribution is 2.24. The molecule has 0 aliphatic heterocycles. The Hall–Kier alpha value is -1.32. The second-order valence-corrected chi connectivity index (χ2v) is 6.29. The highest BCUT2D eigenvalue weighted by molar-refractivity contribution is 5.82. The Balaban J connectivity index is 1.80. The minimum Gasteiger partial charge on any atom is -0.387 e. The SMILES string of the molecule is CC(C)(CCCCn1cnc2c1CCCC2)C(=N)N.